The average Bonchev–Trinajstić information content (AvgIpc) is 2.30. The molecule has 0 bridgehead atoms. The molecule has 2 rings (SSSR count). The van der Waals surface area contributed by atoms with Crippen molar-refractivity contribution >= 4 is 17.3 Å². The minimum atomic E-state index is -4.76. The Morgan fingerprint density at radius 2 is 1.80 bits per heavy atom. The minimum Gasteiger partial charge on any atom is -0.404 e. The van der Waals surface area contributed by atoms with E-state index in [0.29, 0.717) is 10.6 Å². The number of hydrogen-bond acceptors (Lipinski definition) is 2. The van der Waals surface area contributed by atoms with Crippen molar-refractivity contribution in [3.05, 3.63) is 47.0 Å². The molecule has 0 fully saturated rings. The van der Waals surface area contributed by atoms with E-state index in [1.807, 2.05) is 6.92 Å². The van der Waals surface area contributed by atoms with Crippen LogP contribution in [-0.4, -0.2) is 6.36 Å². The lowest BCUT2D eigenvalue weighted by atomic mass is 10.00. The summed E-state index contributed by atoms with van der Waals surface area (Å²) in [5.41, 5.74) is 7.97. The van der Waals surface area contributed by atoms with E-state index >= 15 is 0 Å². The van der Waals surface area contributed by atoms with Crippen LogP contribution < -0.4 is 10.5 Å². The van der Waals surface area contributed by atoms with Crippen LogP contribution in [0.3, 0.4) is 0 Å². The molecule has 2 nitrogen and oxygen atoms in total. The third-order valence-electron chi connectivity index (χ3n) is 2.73. The molecule has 0 aromatic heterocycles. The molecule has 2 N–H and O–H groups in total. The molecule has 0 spiro atoms. The fourth-order valence-electron chi connectivity index (χ4n) is 1.88. The van der Waals surface area contributed by atoms with Crippen LogP contribution >= 0.6 is 11.6 Å². The lowest BCUT2D eigenvalue weighted by Gasteiger charge is -2.13. The first-order valence-corrected chi connectivity index (χ1v) is 6.06. The van der Waals surface area contributed by atoms with Gasteiger partial charge in [-0.2, -0.15) is 0 Å². The van der Waals surface area contributed by atoms with E-state index in [9.17, 15) is 13.2 Å². The number of nitrogen functional groups attached to an aromatic ring is 1. The van der Waals surface area contributed by atoms with Gasteiger partial charge in [0.25, 0.3) is 0 Å². The number of alkyl halides is 3. The number of aryl methyl sites for hydroxylation is 1. The van der Waals surface area contributed by atoms with Gasteiger partial charge in [-0.05, 0) is 47.9 Å². The van der Waals surface area contributed by atoms with E-state index in [-0.39, 0.29) is 5.69 Å². The molecule has 2 aromatic carbocycles. The van der Waals surface area contributed by atoms with Crippen LogP contribution in [0.15, 0.2) is 36.4 Å². The van der Waals surface area contributed by atoms with Crippen LogP contribution in [0.2, 0.25) is 5.02 Å². The molecule has 0 aliphatic carbocycles. The molecule has 0 amide bonds. The zero-order valence-corrected chi connectivity index (χ0v) is 11.2. The van der Waals surface area contributed by atoms with E-state index in [1.165, 1.54) is 18.2 Å². The van der Waals surface area contributed by atoms with Gasteiger partial charge in [0.2, 0.25) is 0 Å². The molecule has 0 aliphatic heterocycles. The summed E-state index contributed by atoms with van der Waals surface area (Å²) in [6, 6.07) is 9.43. The van der Waals surface area contributed by atoms with Gasteiger partial charge in [-0.1, -0.05) is 23.7 Å². The number of ether oxygens (including phenoxy) is 1. The SMILES string of the molecule is Cc1cc(Cl)ccc1-c1ccc(OC(F)(F)F)c(N)c1. The molecule has 0 saturated carbocycles. The Kier molecular flexibility index (Phi) is 3.81. The summed E-state index contributed by atoms with van der Waals surface area (Å²) in [6.07, 6.45) is -4.76. The Labute approximate surface area is 118 Å². The molecule has 0 unspecified atom stereocenters. The molecule has 0 radical (unpaired) electrons. The fraction of sp³-hybridized carbons (Fsp3) is 0.143. The van der Waals surface area contributed by atoms with Crippen LogP contribution in [0.1, 0.15) is 5.56 Å². The van der Waals surface area contributed by atoms with E-state index in [2.05, 4.69) is 4.74 Å². The van der Waals surface area contributed by atoms with Crippen LogP contribution in [0.25, 0.3) is 11.1 Å². The highest BCUT2D eigenvalue weighted by Gasteiger charge is 2.31. The number of nitrogens with two attached hydrogens (primary N) is 1. The number of anilines is 1. The maximum atomic E-state index is 12.2. The molecular weight excluding hydrogens is 291 g/mol. The van der Waals surface area contributed by atoms with Crippen LogP contribution in [-0.2, 0) is 0 Å². The smallest absolute Gasteiger partial charge is 0.404 e. The van der Waals surface area contributed by atoms with E-state index in [1.54, 1.807) is 18.2 Å². The Morgan fingerprint density at radius 1 is 1.10 bits per heavy atom. The molecule has 6 heteroatoms. The summed E-state index contributed by atoms with van der Waals surface area (Å²) >= 11 is 5.86. The lowest BCUT2D eigenvalue weighted by molar-refractivity contribution is -0.274. The van der Waals surface area contributed by atoms with Crippen molar-refractivity contribution in [2.24, 2.45) is 0 Å². The van der Waals surface area contributed by atoms with Crippen molar-refractivity contribution in [3.8, 4) is 16.9 Å². The predicted molar refractivity (Wildman–Crippen MR) is 72.7 cm³/mol. The van der Waals surface area contributed by atoms with Crippen LogP contribution in [0, 0.1) is 6.92 Å². The fourth-order valence-corrected chi connectivity index (χ4v) is 2.11. The highest BCUT2D eigenvalue weighted by Crippen LogP contribution is 2.33. The zero-order valence-electron chi connectivity index (χ0n) is 10.5. The maximum absolute atomic E-state index is 12.2. The van der Waals surface area contributed by atoms with Crippen LogP contribution in [0.5, 0.6) is 5.75 Å². The molecule has 0 saturated heterocycles. The quantitative estimate of drug-likeness (QED) is 0.809. The second-order valence-electron chi connectivity index (χ2n) is 4.26. The Balaban J connectivity index is 2.38. The second kappa shape index (κ2) is 5.25. The van der Waals surface area contributed by atoms with Crippen molar-refractivity contribution < 1.29 is 17.9 Å². The summed E-state index contributed by atoms with van der Waals surface area (Å²) in [5.74, 6) is -0.409. The number of benzene rings is 2. The topological polar surface area (TPSA) is 35.2 Å². The van der Waals surface area contributed by atoms with Gasteiger partial charge in [-0.15, -0.1) is 13.2 Å². The second-order valence-corrected chi connectivity index (χ2v) is 4.70. The third kappa shape index (κ3) is 3.36. The molecule has 0 heterocycles. The summed E-state index contributed by atoms with van der Waals surface area (Å²) in [4.78, 5) is 0. The molecule has 20 heavy (non-hydrogen) atoms. The molecule has 0 atom stereocenters. The number of rotatable bonds is 2. The monoisotopic (exact) mass is 301 g/mol. The van der Waals surface area contributed by atoms with Crippen molar-refractivity contribution in [1.82, 2.24) is 0 Å². The Hall–Kier alpha value is -1.88. The van der Waals surface area contributed by atoms with Crippen LogP contribution in [0.4, 0.5) is 18.9 Å². The Morgan fingerprint density at radius 3 is 2.35 bits per heavy atom. The largest absolute Gasteiger partial charge is 0.573 e. The van der Waals surface area contributed by atoms with E-state index in [4.69, 9.17) is 17.3 Å². The predicted octanol–water partition coefficient (Wildman–Crippen LogP) is 4.80. The van der Waals surface area contributed by atoms with Crippen molar-refractivity contribution in [1.29, 1.82) is 0 Å². The van der Waals surface area contributed by atoms with E-state index in [0.717, 1.165) is 11.1 Å². The van der Waals surface area contributed by atoms with Gasteiger partial charge in [0.15, 0.2) is 5.75 Å². The summed E-state index contributed by atoms with van der Waals surface area (Å²) in [5, 5.41) is 0.594. The normalized spacial score (nSPS) is 11.4. The number of halogens is 4. The van der Waals surface area contributed by atoms with Crippen molar-refractivity contribution in [3.63, 3.8) is 0 Å². The molecule has 2 aromatic rings. The molecule has 106 valence electrons. The van der Waals surface area contributed by atoms with Gasteiger partial charge < -0.3 is 10.5 Å². The number of hydrogen-bond donors (Lipinski definition) is 1. The maximum Gasteiger partial charge on any atom is 0.573 e. The van der Waals surface area contributed by atoms with Gasteiger partial charge >= 0.3 is 6.36 Å². The first kappa shape index (κ1) is 14.5. The molecule has 0 aliphatic rings. The lowest BCUT2D eigenvalue weighted by Crippen LogP contribution is -2.18. The highest BCUT2D eigenvalue weighted by atomic mass is 35.5. The summed E-state index contributed by atoms with van der Waals surface area (Å²) in [6.45, 7) is 1.86. The van der Waals surface area contributed by atoms with Gasteiger partial charge in [-0.25, -0.2) is 0 Å². The standard InChI is InChI=1S/C14H11ClF3NO/c1-8-6-10(15)3-4-11(8)9-2-5-13(12(19)7-9)20-14(16,17)18/h2-7H,19H2,1H3. The summed E-state index contributed by atoms with van der Waals surface area (Å²) < 4.78 is 40.3. The van der Waals surface area contributed by atoms with E-state index < -0.39 is 12.1 Å². The summed E-state index contributed by atoms with van der Waals surface area (Å²) in [7, 11) is 0. The first-order valence-electron chi connectivity index (χ1n) is 5.68. The average molecular weight is 302 g/mol. The zero-order chi connectivity index (χ0) is 14.9. The van der Waals surface area contributed by atoms with Crippen molar-refractivity contribution in [2.45, 2.75) is 13.3 Å². The first-order chi connectivity index (χ1) is 9.26. The van der Waals surface area contributed by atoms with Crippen molar-refractivity contribution in [2.75, 3.05) is 5.73 Å². The third-order valence-corrected chi connectivity index (χ3v) is 2.97. The highest BCUT2D eigenvalue weighted by molar-refractivity contribution is 6.30. The minimum absolute atomic E-state index is 0.0748. The molecular formula is C14H11ClF3NO. The van der Waals surface area contributed by atoms with Gasteiger partial charge in [0, 0.05) is 5.02 Å². The van der Waals surface area contributed by atoms with Gasteiger partial charge in [0.05, 0.1) is 5.69 Å². The van der Waals surface area contributed by atoms with Gasteiger partial charge in [-0.3, -0.25) is 0 Å². The van der Waals surface area contributed by atoms with Gasteiger partial charge in [0.1, 0.15) is 0 Å². The Bertz CT molecular complexity index is 641.